The van der Waals surface area contributed by atoms with Crippen LogP contribution in [0, 0.1) is 0 Å². The molecule has 0 aliphatic heterocycles. The van der Waals surface area contributed by atoms with Gasteiger partial charge in [-0.05, 0) is 55.2 Å². The van der Waals surface area contributed by atoms with Crippen LogP contribution in [0.1, 0.15) is 42.7 Å². The van der Waals surface area contributed by atoms with Crippen molar-refractivity contribution in [2.45, 2.75) is 38.0 Å². The number of phenolic OH excluding ortho intramolecular Hbond substituents is 1. The molecular weight excluding hydrogens is 188 g/mol. The summed E-state index contributed by atoms with van der Waals surface area (Å²) < 4.78 is 0. The monoisotopic (exact) mass is 206 g/mol. The van der Waals surface area contributed by atoms with Crippen LogP contribution in [0.15, 0.2) is 18.2 Å². The molecular formula is C13H18O2. The number of aliphatic hydroxyl groups excluding tert-OH is 1. The van der Waals surface area contributed by atoms with Crippen molar-refractivity contribution in [3.05, 3.63) is 29.3 Å². The van der Waals surface area contributed by atoms with Crippen LogP contribution >= 0.6 is 0 Å². The maximum absolute atomic E-state index is 9.75. The maximum Gasteiger partial charge on any atom is 0.119 e. The SMILES string of the molecule is OCCCC1CCCc2c(O)cccc21. The van der Waals surface area contributed by atoms with Gasteiger partial charge in [0.25, 0.3) is 0 Å². The van der Waals surface area contributed by atoms with Gasteiger partial charge in [0, 0.05) is 6.61 Å². The second kappa shape index (κ2) is 4.67. The molecule has 0 bridgehead atoms. The highest BCUT2D eigenvalue weighted by Crippen LogP contribution is 2.38. The zero-order valence-electron chi connectivity index (χ0n) is 8.95. The van der Waals surface area contributed by atoms with Crippen LogP contribution in [0.2, 0.25) is 0 Å². The molecule has 2 heteroatoms. The molecule has 15 heavy (non-hydrogen) atoms. The number of hydrogen-bond acceptors (Lipinski definition) is 2. The number of hydrogen-bond donors (Lipinski definition) is 2. The predicted molar refractivity (Wildman–Crippen MR) is 60.1 cm³/mol. The molecule has 1 aliphatic carbocycles. The second-order valence-corrected chi connectivity index (χ2v) is 4.30. The number of phenols is 1. The van der Waals surface area contributed by atoms with Gasteiger partial charge in [0.05, 0.1) is 0 Å². The molecule has 1 aliphatic rings. The van der Waals surface area contributed by atoms with Crippen LogP contribution in [0.25, 0.3) is 0 Å². The van der Waals surface area contributed by atoms with Gasteiger partial charge in [-0.1, -0.05) is 12.1 Å². The van der Waals surface area contributed by atoms with E-state index in [2.05, 4.69) is 6.07 Å². The summed E-state index contributed by atoms with van der Waals surface area (Å²) in [5.74, 6) is 0.981. The average Bonchev–Trinajstić information content (AvgIpc) is 2.27. The largest absolute Gasteiger partial charge is 0.508 e. The van der Waals surface area contributed by atoms with Gasteiger partial charge >= 0.3 is 0 Å². The van der Waals surface area contributed by atoms with Gasteiger partial charge in [0.1, 0.15) is 5.75 Å². The van der Waals surface area contributed by atoms with E-state index >= 15 is 0 Å². The molecule has 0 heterocycles. The van der Waals surface area contributed by atoms with Gasteiger partial charge in [0.15, 0.2) is 0 Å². The van der Waals surface area contributed by atoms with E-state index in [0.717, 1.165) is 31.2 Å². The Labute approximate surface area is 90.6 Å². The van der Waals surface area contributed by atoms with Crippen molar-refractivity contribution in [1.29, 1.82) is 0 Å². The van der Waals surface area contributed by atoms with E-state index in [1.807, 2.05) is 6.07 Å². The van der Waals surface area contributed by atoms with Crippen molar-refractivity contribution in [3.8, 4) is 5.75 Å². The second-order valence-electron chi connectivity index (χ2n) is 4.30. The molecule has 1 aromatic carbocycles. The smallest absolute Gasteiger partial charge is 0.119 e. The zero-order valence-corrected chi connectivity index (χ0v) is 8.95. The number of rotatable bonds is 3. The molecule has 2 rings (SSSR count). The topological polar surface area (TPSA) is 40.5 Å². The molecule has 0 spiro atoms. The van der Waals surface area contributed by atoms with Gasteiger partial charge in [-0.15, -0.1) is 0 Å². The van der Waals surface area contributed by atoms with Crippen molar-refractivity contribution in [2.75, 3.05) is 6.61 Å². The Morgan fingerprint density at radius 3 is 3.00 bits per heavy atom. The summed E-state index contributed by atoms with van der Waals surface area (Å²) in [5.41, 5.74) is 2.43. The van der Waals surface area contributed by atoms with Crippen molar-refractivity contribution in [2.24, 2.45) is 0 Å². The molecule has 82 valence electrons. The molecule has 0 amide bonds. The Balaban J connectivity index is 2.22. The van der Waals surface area contributed by atoms with Crippen molar-refractivity contribution < 1.29 is 10.2 Å². The Morgan fingerprint density at radius 1 is 1.33 bits per heavy atom. The fourth-order valence-electron chi connectivity index (χ4n) is 2.57. The molecule has 0 saturated heterocycles. The van der Waals surface area contributed by atoms with Crippen molar-refractivity contribution in [3.63, 3.8) is 0 Å². The summed E-state index contributed by atoms with van der Waals surface area (Å²) in [5, 5.41) is 18.6. The van der Waals surface area contributed by atoms with E-state index in [4.69, 9.17) is 5.11 Å². The van der Waals surface area contributed by atoms with Gasteiger partial charge in [-0.3, -0.25) is 0 Å². The van der Waals surface area contributed by atoms with Crippen LogP contribution in [-0.4, -0.2) is 16.8 Å². The maximum atomic E-state index is 9.75. The zero-order chi connectivity index (χ0) is 10.7. The summed E-state index contributed by atoms with van der Waals surface area (Å²) in [4.78, 5) is 0. The van der Waals surface area contributed by atoms with E-state index in [1.165, 1.54) is 12.0 Å². The number of benzene rings is 1. The van der Waals surface area contributed by atoms with E-state index in [1.54, 1.807) is 6.07 Å². The first kappa shape index (κ1) is 10.5. The van der Waals surface area contributed by atoms with Gasteiger partial charge in [0.2, 0.25) is 0 Å². The lowest BCUT2D eigenvalue weighted by atomic mass is 9.80. The first-order valence-electron chi connectivity index (χ1n) is 5.74. The first-order valence-corrected chi connectivity index (χ1v) is 5.74. The van der Waals surface area contributed by atoms with Crippen LogP contribution < -0.4 is 0 Å². The first-order chi connectivity index (χ1) is 7.33. The lowest BCUT2D eigenvalue weighted by Crippen LogP contribution is -2.10. The molecule has 1 aromatic rings. The van der Waals surface area contributed by atoms with E-state index < -0.39 is 0 Å². The Morgan fingerprint density at radius 2 is 2.20 bits per heavy atom. The molecule has 0 radical (unpaired) electrons. The van der Waals surface area contributed by atoms with Gasteiger partial charge < -0.3 is 10.2 Å². The third-order valence-corrected chi connectivity index (χ3v) is 3.32. The van der Waals surface area contributed by atoms with E-state index in [9.17, 15) is 5.11 Å². The Hall–Kier alpha value is -1.02. The van der Waals surface area contributed by atoms with Crippen LogP contribution in [-0.2, 0) is 6.42 Å². The van der Waals surface area contributed by atoms with Crippen molar-refractivity contribution in [1.82, 2.24) is 0 Å². The summed E-state index contributed by atoms with van der Waals surface area (Å²) in [6.07, 6.45) is 5.24. The summed E-state index contributed by atoms with van der Waals surface area (Å²) in [6, 6.07) is 5.81. The van der Waals surface area contributed by atoms with Crippen LogP contribution in [0.3, 0.4) is 0 Å². The molecule has 1 unspecified atom stereocenters. The highest BCUT2D eigenvalue weighted by molar-refractivity contribution is 5.42. The average molecular weight is 206 g/mol. The quantitative estimate of drug-likeness (QED) is 0.798. The highest BCUT2D eigenvalue weighted by atomic mass is 16.3. The van der Waals surface area contributed by atoms with E-state index in [-0.39, 0.29) is 6.61 Å². The third-order valence-electron chi connectivity index (χ3n) is 3.32. The molecule has 0 fully saturated rings. The summed E-state index contributed by atoms with van der Waals surface area (Å²) in [7, 11) is 0. The lowest BCUT2D eigenvalue weighted by molar-refractivity contribution is 0.276. The van der Waals surface area contributed by atoms with Gasteiger partial charge in [-0.2, -0.15) is 0 Å². The molecule has 2 nitrogen and oxygen atoms in total. The lowest BCUT2D eigenvalue weighted by Gasteiger charge is -2.25. The minimum atomic E-state index is 0.269. The van der Waals surface area contributed by atoms with Crippen molar-refractivity contribution >= 4 is 0 Å². The standard InChI is InChI=1S/C13H18O2/c14-9-3-5-10-4-1-7-12-11(10)6-2-8-13(12)15/h2,6,8,10,14-15H,1,3-5,7,9H2. The fourth-order valence-corrected chi connectivity index (χ4v) is 2.57. The predicted octanol–water partition coefficient (Wildman–Crippen LogP) is 2.58. The number of aromatic hydroxyl groups is 1. The molecule has 0 saturated carbocycles. The summed E-state index contributed by atoms with van der Waals surface area (Å²) >= 11 is 0. The minimum absolute atomic E-state index is 0.269. The highest BCUT2D eigenvalue weighted by Gasteiger charge is 2.21. The summed E-state index contributed by atoms with van der Waals surface area (Å²) in [6.45, 7) is 0.269. The molecule has 1 atom stereocenters. The number of aliphatic hydroxyl groups is 1. The normalized spacial score (nSPS) is 19.9. The fraction of sp³-hybridized carbons (Fsp3) is 0.538. The Bertz CT molecular complexity index is 333. The Kier molecular flexibility index (Phi) is 3.27. The van der Waals surface area contributed by atoms with E-state index in [0.29, 0.717) is 11.7 Å². The van der Waals surface area contributed by atoms with Crippen LogP contribution in [0.4, 0.5) is 0 Å². The van der Waals surface area contributed by atoms with Gasteiger partial charge in [-0.25, -0.2) is 0 Å². The van der Waals surface area contributed by atoms with Crippen LogP contribution in [0.5, 0.6) is 5.75 Å². The molecule has 0 aromatic heterocycles. The molecule has 2 N–H and O–H groups in total. The third kappa shape index (κ3) is 2.15. The number of fused-ring (bicyclic) bond motifs is 1. The minimum Gasteiger partial charge on any atom is -0.508 e.